The molecule has 0 bridgehead atoms. The van der Waals surface area contributed by atoms with Gasteiger partial charge in [-0.25, -0.2) is 4.98 Å². The zero-order valence-corrected chi connectivity index (χ0v) is 24.9. The number of likely N-dealkylation sites (N-methyl/N-ethyl adjacent to an activating group) is 1. The largest absolute Gasteiger partial charge is 0.463 e. The summed E-state index contributed by atoms with van der Waals surface area (Å²) in [6.45, 7) is 17.1. The minimum atomic E-state index is -0.531. The number of hydrogen-bond donors (Lipinski definition) is 0. The van der Waals surface area contributed by atoms with Crippen LogP contribution in [0.3, 0.4) is 0 Å². The maximum absolute atomic E-state index is 12.4. The third kappa shape index (κ3) is 6.88. The van der Waals surface area contributed by atoms with Crippen LogP contribution < -0.4 is 4.90 Å². The smallest absolute Gasteiger partial charge is 0.324 e. The molecular formula is C31H32N8O2S. The summed E-state index contributed by atoms with van der Waals surface area (Å²) >= 11 is 1.36. The van der Waals surface area contributed by atoms with Crippen molar-refractivity contribution in [3.05, 3.63) is 83.3 Å². The molecule has 0 saturated carbocycles. The van der Waals surface area contributed by atoms with Gasteiger partial charge in [-0.05, 0) is 32.8 Å². The Labute approximate surface area is 249 Å². The Hall–Kier alpha value is -4.87. The van der Waals surface area contributed by atoms with Gasteiger partial charge < -0.3 is 14.5 Å². The van der Waals surface area contributed by atoms with Crippen LogP contribution in [0.25, 0.3) is 16.1 Å². The van der Waals surface area contributed by atoms with Gasteiger partial charge in [-0.3, -0.25) is 9.36 Å². The van der Waals surface area contributed by atoms with E-state index in [2.05, 4.69) is 20.1 Å². The molecule has 4 aromatic rings. The first-order chi connectivity index (χ1) is 20.3. The summed E-state index contributed by atoms with van der Waals surface area (Å²) in [4.78, 5) is 27.2. The lowest BCUT2D eigenvalue weighted by molar-refractivity contribution is -0.153. The molecule has 0 aliphatic carbocycles. The van der Waals surface area contributed by atoms with Crippen LogP contribution in [0.2, 0.25) is 0 Å². The van der Waals surface area contributed by atoms with Gasteiger partial charge >= 0.3 is 11.9 Å². The number of carbonyl (C=O) groups excluding carboxylic acids is 1. The Morgan fingerprint density at radius 1 is 1.12 bits per heavy atom. The van der Waals surface area contributed by atoms with Crippen LogP contribution in [0.1, 0.15) is 45.4 Å². The van der Waals surface area contributed by atoms with Crippen molar-refractivity contribution < 1.29 is 9.53 Å². The molecule has 4 rings (SSSR count). The molecule has 0 atom stereocenters. The van der Waals surface area contributed by atoms with Crippen molar-refractivity contribution in [2.75, 3.05) is 24.6 Å². The van der Waals surface area contributed by atoms with Gasteiger partial charge in [0, 0.05) is 12.1 Å². The minimum Gasteiger partial charge on any atom is -0.463 e. The van der Waals surface area contributed by atoms with Crippen molar-refractivity contribution >= 4 is 39.2 Å². The predicted molar refractivity (Wildman–Crippen MR) is 163 cm³/mol. The molecule has 0 amide bonds. The van der Waals surface area contributed by atoms with E-state index in [0.29, 0.717) is 41.9 Å². The standard InChI is InChI=1S/C31H32N8O2S/c1-6-31(3,4)28(40)41-19-18-38(7-2)30-35-25(23-16-12-9-13-17-23)27(42-30)36-37-29-34-24(20-32)26(33-5)39(29)21-22-14-10-8-11-15-22/h8-17H,6-7,18-19,21H2,1-4H3/b37-36+. The number of esters is 1. The van der Waals surface area contributed by atoms with Gasteiger partial charge in [0.15, 0.2) is 15.8 Å². The summed E-state index contributed by atoms with van der Waals surface area (Å²) in [5, 5.41) is 19.8. The second kappa shape index (κ2) is 13.7. The van der Waals surface area contributed by atoms with Crippen LogP contribution in [0, 0.1) is 23.3 Å². The molecule has 0 spiro atoms. The van der Waals surface area contributed by atoms with Gasteiger partial charge in [0.05, 0.1) is 12.0 Å². The van der Waals surface area contributed by atoms with Gasteiger partial charge in [-0.15, -0.1) is 5.11 Å². The molecule has 0 radical (unpaired) electrons. The lowest BCUT2D eigenvalue weighted by atomic mass is 9.91. The highest BCUT2D eigenvalue weighted by atomic mass is 32.1. The van der Waals surface area contributed by atoms with Crippen LogP contribution in [0.5, 0.6) is 0 Å². The molecular weight excluding hydrogens is 548 g/mol. The van der Waals surface area contributed by atoms with Crippen molar-refractivity contribution in [3.8, 4) is 17.3 Å². The summed E-state index contributed by atoms with van der Waals surface area (Å²) < 4.78 is 7.16. The number of carbonyl (C=O) groups is 1. The molecule has 10 nitrogen and oxygen atoms in total. The number of nitrogens with zero attached hydrogens (tertiary/aromatic N) is 8. The predicted octanol–water partition coefficient (Wildman–Crippen LogP) is 7.70. The fourth-order valence-electron chi connectivity index (χ4n) is 3.96. The Morgan fingerprint density at radius 2 is 1.81 bits per heavy atom. The SMILES string of the molecule is [C-]#[N+]c1c(C#N)nc(/N=N/c2sc(N(CC)CCOC(=O)C(C)(C)CC)nc2-c2ccccc2)n1Cc1ccccc1. The Balaban J connectivity index is 1.67. The Morgan fingerprint density at radius 3 is 2.43 bits per heavy atom. The number of hydrogen-bond acceptors (Lipinski definition) is 9. The molecule has 11 heteroatoms. The fraction of sp³-hybridized carbons (Fsp3) is 0.323. The molecule has 2 heterocycles. The lowest BCUT2D eigenvalue weighted by Gasteiger charge is -2.23. The number of benzene rings is 2. The fourth-order valence-corrected chi connectivity index (χ4v) is 4.97. The topological polar surface area (TPSA) is 113 Å². The molecule has 2 aromatic heterocycles. The number of azo groups is 1. The number of ether oxygens (including phenoxy) is 1. The molecule has 0 fully saturated rings. The molecule has 0 aliphatic heterocycles. The first-order valence-corrected chi connectivity index (χ1v) is 14.4. The first kappa shape index (κ1) is 30.1. The van der Waals surface area contributed by atoms with Gasteiger partial charge in [-0.1, -0.05) is 90.6 Å². The van der Waals surface area contributed by atoms with E-state index >= 15 is 0 Å². The number of thiazole rings is 1. The summed E-state index contributed by atoms with van der Waals surface area (Å²) in [6.07, 6.45) is 0.696. The van der Waals surface area contributed by atoms with Crippen molar-refractivity contribution in [2.24, 2.45) is 15.6 Å². The number of aromatic nitrogens is 3. The summed E-state index contributed by atoms with van der Waals surface area (Å²) in [6, 6.07) is 21.3. The third-order valence-electron chi connectivity index (χ3n) is 6.87. The van der Waals surface area contributed by atoms with E-state index < -0.39 is 5.41 Å². The van der Waals surface area contributed by atoms with E-state index in [1.54, 1.807) is 4.57 Å². The van der Waals surface area contributed by atoms with E-state index in [1.165, 1.54) is 11.3 Å². The van der Waals surface area contributed by atoms with E-state index in [1.807, 2.05) is 99.3 Å². The number of nitriles is 1. The normalized spacial score (nSPS) is 11.3. The van der Waals surface area contributed by atoms with Crippen molar-refractivity contribution in [2.45, 2.75) is 40.7 Å². The summed E-state index contributed by atoms with van der Waals surface area (Å²) in [5.74, 6) is 0.0517. The van der Waals surface area contributed by atoms with E-state index in [9.17, 15) is 10.1 Å². The average molecular weight is 581 g/mol. The quantitative estimate of drug-likeness (QED) is 0.0964. The van der Waals surface area contributed by atoms with E-state index in [0.717, 1.165) is 11.1 Å². The molecule has 2 aromatic carbocycles. The Kier molecular flexibility index (Phi) is 9.79. The van der Waals surface area contributed by atoms with E-state index in [4.69, 9.17) is 16.3 Å². The van der Waals surface area contributed by atoms with Gasteiger partial charge in [0.2, 0.25) is 0 Å². The second-order valence-corrected chi connectivity index (χ2v) is 11.0. The summed E-state index contributed by atoms with van der Waals surface area (Å²) in [7, 11) is 0. The van der Waals surface area contributed by atoms with Gasteiger partial charge in [-0.2, -0.15) is 10.2 Å². The summed E-state index contributed by atoms with van der Waals surface area (Å²) in [5.41, 5.74) is 1.92. The van der Waals surface area contributed by atoms with Crippen LogP contribution >= 0.6 is 11.3 Å². The highest BCUT2D eigenvalue weighted by Gasteiger charge is 2.27. The number of rotatable bonds is 12. The molecule has 0 saturated heterocycles. The highest BCUT2D eigenvalue weighted by molar-refractivity contribution is 7.19. The van der Waals surface area contributed by atoms with Gasteiger partial charge in [0.25, 0.3) is 5.82 Å². The first-order valence-electron chi connectivity index (χ1n) is 13.6. The maximum Gasteiger partial charge on any atom is 0.324 e. The number of imidazole rings is 1. The molecule has 0 unspecified atom stereocenters. The molecule has 214 valence electrons. The number of anilines is 1. The molecule has 0 N–H and O–H groups in total. The van der Waals surface area contributed by atoms with Crippen molar-refractivity contribution in [1.29, 1.82) is 5.26 Å². The monoisotopic (exact) mass is 580 g/mol. The van der Waals surface area contributed by atoms with Crippen LogP contribution in [-0.2, 0) is 16.1 Å². The van der Waals surface area contributed by atoms with Crippen molar-refractivity contribution in [3.63, 3.8) is 0 Å². The second-order valence-electron chi connectivity index (χ2n) is 10.0. The Bertz CT molecular complexity index is 1630. The van der Waals surface area contributed by atoms with E-state index in [-0.39, 0.29) is 30.0 Å². The highest BCUT2D eigenvalue weighted by Crippen LogP contribution is 2.41. The zero-order chi connectivity index (χ0) is 30.1. The maximum atomic E-state index is 12.4. The molecule has 0 aliphatic rings. The van der Waals surface area contributed by atoms with Crippen LogP contribution in [0.15, 0.2) is 70.9 Å². The average Bonchev–Trinajstić information content (AvgIpc) is 3.59. The van der Waals surface area contributed by atoms with Crippen molar-refractivity contribution in [1.82, 2.24) is 14.5 Å². The minimum absolute atomic E-state index is 0.00103. The molecule has 42 heavy (non-hydrogen) atoms. The van der Waals surface area contributed by atoms with Crippen LogP contribution in [0.4, 0.5) is 21.9 Å². The lowest BCUT2D eigenvalue weighted by Crippen LogP contribution is -2.31. The van der Waals surface area contributed by atoms with Gasteiger partial charge in [0.1, 0.15) is 24.9 Å². The zero-order valence-electron chi connectivity index (χ0n) is 24.1. The third-order valence-corrected chi connectivity index (χ3v) is 7.87. The van der Waals surface area contributed by atoms with Crippen LogP contribution in [-0.4, -0.2) is 40.2 Å².